The molecule has 0 aromatic carbocycles. The Morgan fingerprint density at radius 2 is 0.821 bits per heavy atom. The number of carbonyl (C=O) groups excluding carboxylic acids is 2. The molecule has 0 saturated carbocycles. The molecule has 0 rings (SSSR count). The van der Waals surface area contributed by atoms with Crippen molar-refractivity contribution in [2.24, 2.45) is 0 Å². The Hall–Kier alpha value is 0.140. The molecule has 0 saturated heterocycles. The van der Waals surface area contributed by atoms with Gasteiger partial charge in [-0.25, -0.2) is 0 Å². The zero-order chi connectivity index (χ0) is 20.0. The topological polar surface area (TPSA) is 57.2 Å². The maximum atomic E-state index is 11.2. The van der Waals surface area contributed by atoms with Gasteiger partial charge in [-0.15, -0.1) is 0 Å². The van der Waals surface area contributed by atoms with Gasteiger partial charge in [-0.3, -0.25) is 4.79 Å². The number of aliphatic carboxylic acids is 1. The molecule has 0 aromatic heterocycles. The minimum Gasteiger partial charge on any atom is -0.550 e. The van der Waals surface area contributed by atoms with Crippen LogP contribution in [-0.2, 0) is 9.59 Å². The van der Waals surface area contributed by atoms with E-state index in [9.17, 15) is 14.7 Å². The summed E-state index contributed by atoms with van der Waals surface area (Å²) in [5, 5.41) is 10.3. The van der Waals surface area contributed by atoms with Crippen molar-refractivity contribution in [2.45, 2.75) is 142 Å². The van der Waals surface area contributed by atoms with Gasteiger partial charge in [0.2, 0.25) is 0 Å². The van der Waals surface area contributed by atoms with E-state index < -0.39 is 12.4 Å². The maximum absolute atomic E-state index is 11.2. The number of carboxylic acid groups (broad SMARTS) is 1. The second-order valence-electron chi connectivity index (χ2n) is 8.20. The Labute approximate surface area is 197 Å². The van der Waals surface area contributed by atoms with Crippen molar-refractivity contribution in [1.29, 1.82) is 0 Å². The van der Waals surface area contributed by atoms with Gasteiger partial charge in [0.25, 0.3) is 0 Å². The molecule has 0 aromatic rings. The molecule has 0 unspecified atom stereocenters. The van der Waals surface area contributed by atoms with Gasteiger partial charge in [-0.2, -0.15) is 0 Å². The monoisotopic (exact) mass is 404 g/mol. The molecule has 0 heterocycles. The van der Waals surface area contributed by atoms with Crippen molar-refractivity contribution >= 4 is 11.8 Å². The molecular formula is C24H45NaO3. The second-order valence-corrected chi connectivity index (χ2v) is 8.20. The number of ketones is 1. The van der Waals surface area contributed by atoms with Crippen LogP contribution in [-0.4, -0.2) is 11.8 Å². The number of rotatable bonds is 22. The van der Waals surface area contributed by atoms with Crippen molar-refractivity contribution < 1.29 is 44.3 Å². The normalized spacial score (nSPS) is 10.6. The zero-order valence-corrected chi connectivity index (χ0v) is 21.1. The summed E-state index contributed by atoms with van der Waals surface area (Å²) in [6.07, 6.45) is 25.2. The van der Waals surface area contributed by atoms with Gasteiger partial charge in [0.05, 0.1) is 0 Å². The number of carbonyl (C=O) groups is 2. The quantitative estimate of drug-likeness (QED) is 0.158. The molecule has 160 valence electrons. The fourth-order valence-electron chi connectivity index (χ4n) is 3.65. The van der Waals surface area contributed by atoms with Crippen LogP contribution in [0.15, 0.2) is 0 Å². The standard InChI is InChI=1S/C24H46O3.Na/c1-2-3-4-5-6-7-8-9-10-11-12-13-14-15-16-17-18-19-20-21-23(25)22-24(26)27;/h2-22H2,1H3,(H,26,27);/q;+1/p-1. The average Bonchev–Trinajstić information content (AvgIpc) is 2.63. The Morgan fingerprint density at radius 1 is 0.536 bits per heavy atom. The van der Waals surface area contributed by atoms with E-state index in [1.807, 2.05) is 0 Å². The van der Waals surface area contributed by atoms with Crippen molar-refractivity contribution in [2.75, 3.05) is 0 Å². The molecule has 0 radical (unpaired) electrons. The van der Waals surface area contributed by atoms with Gasteiger partial charge in [-0.05, 0) is 6.42 Å². The minimum atomic E-state index is -1.25. The summed E-state index contributed by atoms with van der Waals surface area (Å²) in [4.78, 5) is 21.5. The van der Waals surface area contributed by atoms with E-state index in [4.69, 9.17) is 0 Å². The third kappa shape index (κ3) is 26.1. The molecule has 0 fully saturated rings. The zero-order valence-electron chi connectivity index (χ0n) is 19.1. The van der Waals surface area contributed by atoms with Crippen LogP contribution in [0.4, 0.5) is 0 Å². The van der Waals surface area contributed by atoms with Gasteiger partial charge < -0.3 is 9.90 Å². The van der Waals surface area contributed by atoms with Crippen molar-refractivity contribution in [3.05, 3.63) is 0 Å². The first kappa shape index (κ1) is 30.3. The van der Waals surface area contributed by atoms with E-state index in [1.165, 1.54) is 103 Å². The van der Waals surface area contributed by atoms with E-state index in [2.05, 4.69) is 6.92 Å². The van der Waals surface area contributed by atoms with E-state index in [1.54, 1.807) is 0 Å². The number of Topliss-reactive ketones (excluding diaryl/α,β-unsaturated/α-hetero) is 1. The van der Waals surface area contributed by atoms with Gasteiger partial charge in [0.15, 0.2) is 0 Å². The van der Waals surface area contributed by atoms with Gasteiger partial charge >= 0.3 is 29.6 Å². The Balaban J connectivity index is 0. The van der Waals surface area contributed by atoms with Crippen LogP contribution in [0.5, 0.6) is 0 Å². The van der Waals surface area contributed by atoms with Crippen LogP contribution >= 0.6 is 0 Å². The summed E-state index contributed by atoms with van der Waals surface area (Å²) < 4.78 is 0. The molecule has 0 amide bonds. The van der Waals surface area contributed by atoms with Gasteiger partial charge in [-0.1, -0.05) is 122 Å². The molecule has 4 heteroatoms. The van der Waals surface area contributed by atoms with Gasteiger partial charge in [0.1, 0.15) is 5.78 Å². The third-order valence-electron chi connectivity index (χ3n) is 5.40. The molecule has 28 heavy (non-hydrogen) atoms. The molecule has 3 nitrogen and oxygen atoms in total. The molecule has 0 aliphatic heterocycles. The van der Waals surface area contributed by atoms with E-state index in [-0.39, 0.29) is 35.3 Å². The summed E-state index contributed by atoms with van der Waals surface area (Å²) in [5.74, 6) is -1.44. The molecular weight excluding hydrogens is 359 g/mol. The molecule has 0 atom stereocenters. The fourth-order valence-corrected chi connectivity index (χ4v) is 3.65. The van der Waals surface area contributed by atoms with Crippen LogP contribution in [0.25, 0.3) is 0 Å². The predicted octanol–water partition coefficient (Wildman–Crippen LogP) is 3.52. The number of hydrogen-bond donors (Lipinski definition) is 0. The largest absolute Gasteiger partial charge is 1.00 e. The third-order valence-corrected chi connectivity index (χ3v) is 5.40. The molecule has 0 spiro atoms. The summed E-state index contributed by atoms with van der Waals surface area (Å²) in [6, 6.07) is 0. The first-order valence-electron chi connectivity index (χ1n) is 11.9. The minimum absolute atomic E-state index is 0. The molecule has 0 aliphatic carbocycles. The Morgan fingerprint density at radius 3 is 1.11 bits per heavy atom. The maximum Gasteiger partial charge on any atom is 1.00 e. The molecule has 0 N–H and O–H groups in total. The van der Waals surface area contributed by atoms with Crippen LogP contribution < -0.4 is 34.7 Å². The first-order valence-corrected chi connectivity index (χ1v) is 11.9. The molecule has 0 aliphatic rings. The van der Waals surface area contributed by atoms with Crippen molar-refractivity contribution in [3.8, 4) is 0 Å². The SMILES string of the molecule is CCCCCCCCCCCCCCCCCCCCCC(=O)CC(=O)[O-].[Na+]. The number of unbranched alkanes of at least 4 members (excludes halogenated alkanes) is 18. The number of carboxylic acids is 1. The number of hydrogen-bond acceptors (Lipinski definition) is 3. The van der Waals surface area contributed by atoms with Crippen molar-refractivity contribution in [1.82, 2.24) is 0 Å². The first-order chi connectivity index (χ1) is 13.2. The van der Waals surface area contributed by atoms with E-state index in [0.29, 0.717) is 6.42 Å². The second kappa shape index (κ2) is 25.2. The summed E-state index contributed by atoms with van der Waals surface area (Å²) in [5.41, 5.74) is 0. The Bertz CT molecular complexity index is 345. The van der Waals surface area contributed by atoms with Crippen LogP contribution in [0.1, 0.15) is 142 Å². The predicted molar refractivity (Wildman–Crippen MR) is 113 cm³/mol. The average molecular weight is 405 g/mol. The fraction of sp³-hybridized carbons (Fsp3) is 0.917. The Kier molecular flexibility index (Phi) is 27.3. The van der Waals surface area contributed by atoms with Gasteiger partial charge in [0, 0.05) is 18.8 Å². The summed E-state index contributed by atoms with van der Waals surface area (Å²) in [6.45, 7) is 2.28. The van der Waals surface area contributed by atoms with Crippen LogP contribution in [0, 0.1) is 0 Å². The summed E-state index contributed by atoms with van der Waals surface area (Å²) >= 11 is 0. The van der Waals surface area contributed by atoms with Crippen LogP contribution in [0.2, 0.25) is 0 Å². The van der Waals surface area contributed by atoms with E-state index >= 15 is 0 Å². The van der Waals surface area contributed by atoms with E-state index in [0.717, 1.165) is 19.3 Å². The van der Waals surface area contributed by atoms with Crippen molar-refractivity contribution in [3.63, 3.8) is 0 Å². The molecule has 0 bridgehead atoms. The smallest absolute Gasteiger partial charge is 0.550 e. The van der Waals surface area contributed by atoms with Crippen LogP contribution in [0.3, 0.4) is 0 Å². The summed E-state index contributed by atoms with van der Waals surface area (Å²) in [7, 11) is 0.